The van der Waals surface area contributed by atoms with E-state index in [1.54, 1.807) is 12.1 Å². The van der Waals surface area contributed by atoms with Gasteiger partial charge in [-0.3, -0.25) is 18.9 Å². The van der Waals surface area contributed by atoms with Gasteiger partial charge >= 0.3 is 5.97 Å². The van der Waals surface area contributed by atoms with Crippen LogP contribution >= 0.6 is 0 Å². The fraction of sp³-hybridized carbons (Fsp3) is 0.111. The summed E-state index contributed by atoms with van der Waals surface area (Å²) in [6.07, 6.45) is 0.0537. The monoisotopic (exact) mass is 596 g/mol. The van der Waals surface area contributed by atoms with E-state index in [2.05, 4.69) is 10.3 Å². The van der Waals surface area contributed by atoms with E-state index in [4.69, 9.17) is 5.11 Å². The van der Waals surface area contributed by atoms with Gasteiger partial charge in [0.25, 0.3) is 15.7 Å². The maximum Gasteiger partial charge on any atom is 0.303 e. The summed E-state index contributed by atoms with van der Waals surface area (Å²) in [5.74, 6) is -1.57. The van der Waals surface area contributed by atoms with Crippen molar-refractivity contribution in [3.63, 3.8) is 0 Å². The van der Waals surface area contributed by atoms with Crippen LogP contribution in [0.25, 0.3) is 27.9 Å². The van der Waals surface area contributed by atoms with E-state index >= 15 is 0 Å². The van der Waals surface area contributed by atoms with Gasteiger partial charge in [0.05, 0.1) is 38.7 Å². The Morgan fingerprint density at radius 1 is 0.951 bits per heavy atom. The smallest absolute Gasteiger partial charge is 0.303 e. The number of rotatable bonds is 8. The Morgan fingerprint density at radius 3 is 2.32 bits per heavy atom. The number of carboxylic acids is 1. The topological polar surface area (TPSA) is 205 Å². The number of anilines is 2. The fourth-order valence-electron chi connectivity index (χ4n) is 4.82. The van der Waals surface area contributed by atoms with Crippen LogP contribution in [-0.2, 0) is 24.7 Å². The van der Waals surface area contributed by atoms with Gasteiger partial charge in [-0.05, 0) is 36.1 Å². The number of nitrogens with zero attached hydrogens (tertiary/aromatic N) is 1. The first kappa shape index (κ1) is 27.9. The van der Waals surface area contributed by atoms with Crippen LogP contribution in [0.4, 0.5) is 11.4 Å². The number of carboxylic acid groups (broad SMARTS) is 1. The molecular formula is C27H20N2O10S2. The minimum absolute atomic E-state index is 0.0380. The molecule has 41 heavy (non-hydrogen) atoms. The van der Waals surface area contributed by atoms with E-state index in [-0.39, 0.29) is 60.9 Å². The molecule has 0 radical (unpaired) electrons. The lowest BCUT2D eigenvalue weighted by atomic mass is 9.97. The minimum Gasteiger partial charge on any atom is -0.515 e. The zero-order valence-electron chi connectivity index (χ0n) is 20.9. The lowest BCUT2D eigenvalue weighted by molar-refractivity contribution is -0.137. The number of aliphatic hydroxyl groups is 1. The largest absolute Gasteiger partial charge is 0.515 e. The Balaban J connectivity index is 1.84. The van der Waals surface area contributed by atoms with Crippen LogP contribution in [0.1, 0.15) is 12.8 Å². The van der Waals surface area contributed by atoms with Crippen molar-refractivity contribution in [3.8, 4) is 0 Å². The van der Waals surface area contributed by atoms with Gasteiger partial charge in [-0.1, -0.05) is 30.3 Å². The summed E-state index contributed by atoms with van der Waals surface area (Å²) in [7, 11) is -8.91. The van der Waals surface area contributed by atoms with Gasteiger partial charge < -0.3 is 15.5 Å². The number of nitrogens with one attached hydrogen (secondary N) is 1. The Hall–Kier alpha value is -4.66. The van der Waals surface area contributed by atoms with Crippen molar-refractivity contribution in [2.45, 2.75) is 22.6 Å². The van der Waals surface area contributed by atoms with Crippen LogP contribution in [-0.4, -0.2) is 48.3 Å². The molecule has 3 aromatic rings. The average Bonchev–Trinajstić information content (AvgIpc) is 2.90. The van der Waals surface area contributed by atoms with Crippen molar-refractivity contribution in [3.05, 3.63) is 90.8 Å². The molecule has 0 unspecified atom stereocenters. The van der Waals surface area contributed by atoms with Gasteiger partial charge in [0.2, 0.25) is 0 Å². The van der Waals surface area contributed by atoms with Crippen LogP contribution in [0, 0.1) is 10.4 Å². The van der Waals surface area contributed by atoms with Gasteiger partial charge in [-0.15, -0.1) is 0 Å². The van der Waals surface area contributed by atoms with Gasteiger partial charge in [0.15, 0.2) is 15.3 Å². The normalized spacial score (nSPS) is 12.9. The summed E-state index contributed by atoms with van der Waals surface area (Å²) < 4.78 is 60.5. The summed E-state index contributed by atoms with van der Waals surface area (Å²) >= 11 is 0. The number of fused-ring (bicyclic) bond motifs is 2. The number of hydrogen-bond donors (Lipinski definition) is 4. The molecule has 5 rings (SSSR count). The van der Waals surface area contributed by atoms with Crippen LogP contribution in [0.5, 0.6) is 0 Å². The third-order valence-corrected chi connectivity index (χ3v) is 9.24. The van der Waals surface area contributed by atoms with E-state index in [9.17, 15) is 40.9 Å². The molecule has 3 aromatic carbocycles. The Labute approximate surface area is 230 Å². The molecule has 14 heteroatoms. The second kappa shape index (κ2) is 10.1. The highest BCUT2D eigenvalue weighted by atomic mass is 32.2. The first-order valence-corrected chi connectivity index (χ1v) is 15.0. The van der Waals surface area contributed by atoms with E-state index in [1.807, 2.05) is 0 Å². The third kappa shape index (κ3) is 4.92. The van der Waals surface area contributed by atoms with Crippen LogP contribution in [0.15, 0.2) is 74.0 Å². The molecule has 1 aliphatic heterocycles. The van der Waals surface area contributed by atoms with Crippen molar-refractivity contribution in [2.24, 2.45) is 0 Å². The van der Waals surface area contributed by atoms with Gasteiger partial charge in [0, 0.05) is 27.9 Å². The molecule has 12 nitrogen and oxygen atoms in total. The molecule has 1 aliphatic carbocycles. The Bertz CT molecular complexity index is 2340. The van der Waals surface area contributed by atoms with E-state index in [0.717, 1.165) is 6.07 Å². The molecule has 0 fully saturated rings. The van der Waals surface area contributed by atoms with Crippen molar-refractivity contribution < 1.29 is 36.4 Å². The first-order valence-electron chi connectivity index (χ1n) is 12.0. The predicted molar refractivity (Wildman–Crippen MR) is 149 cm³/mol. The molecule has 4 N–H and O–H groups in total. The fourth-order valence-corrected chi connectivity index (χ4v) is 6.84. The van der Waals surface area contributed by atoms with Gasteiger partial charge in [0.1, 0.15) is 4.90 Å². The van der Waals surface area contributed by atoms with Crippen LogP contribution < -0.4 is 21.5 Å². The van der Waals surface area contributed by atoms with Crippen LogP contribution in [0.2, 0.25) is 0 Å². The molecule has 0 amide bonds. The van der Waals surface area contributed by atoms with Gasteiger partial charge in [-0.25, -0.2) is 13.4 Å². The summed E-state index contributed by atoms with van der Waals surface area (Å²) in [6, 6.07) is 12.5. The summed E-state index contributed by atoms with van der Waals surface area (Å²) in [5, 5.41) is 21.5. The van der Waals surface area contributed by atoms with Crippen molar-refractivity contribution in [1.82, 2.24) is 4.98 Å². The van der Waals surface area contributed by atoms with Gasteiger partial charge in [-0.2, -0.15) is 8.42 Å². The number of aromatic nitrogens is 1. The lowest BCUT2D eigenvalue weighted by Gasteiger charge is -2.15. The summed E-state index contributed by atoms with van der Waals surface area (Å²) in [4.78, 5) is 40.2. The highest BCUT2D eigenvalue weighted by Gasteiger charge is 2.24. The van der Waals surface area contributed by atoms with E-state index in [0.29, 0.717) is 6.26 Å². The molecule has 210 valence electrons. The molecule has 0 atom stereocenters. The summed E-state index contributed by atoms with van der Waals surface area (Å²) in [6.45, 7) is 0. The first-order chi connectivity index (χ1) is 19.3. The molecule has 0 saturated heterocycles. The van der Waals surface area contributed by atoms with Crippen LogP contribution in [0.3, 0.4) is 0 Å². The molecular weight excluding hydrogens is 576 g/mol. The van der Waals surface area contributed by atoms with E-state index in [1.165, 1.54) is 36.4 Å². The quantitative estimate of drug-likeness (QED) is 0.190. The zero-order chi connectivity index (χ0) is 29.7. The standard InChI is InChI=1S/C27H20N2O10S2/c30-13-18-22-16-7-1-2-8-17(16)26(33)23-19(12-20(41(37,38)39)25(24(22)23)29-27(18)34)28-14-5-3-6-15(11-14)40(35,36)10-4-9-21(31)32/h1-3,5-8,11-13,28,30H,4,9-10H2,(H,31,32)(H,37,38,39). The predicted octanol–water partition coefficient (Wildman–Crippen LogP) is 1.91. The summed E-state index contributed by atoms with van der Waals surface area (Å²) in [5.41, 5.74) is -2.07. The number of benzene rings is 3. The maximum atomic E-state index is 13.8. The highest BCUT2D eigenvalue weighted by Crippen LogP contribution is 2.32. The Kier molecular flexibility index (Phi) is 6.85. The number of carbonyl (C=O) groups is 1. The van der Waals surface area contributed by atoms with Crippen molar-refractivity contribution in [1.29, 1.82) is 0 Å². The second-order valence-electron chi connectivity index (χ2n) is 9.17. The third-order valence-electron chi connectivity index (χ3n) is 6.58. The minimum atomic E-state index is -5.01. The van der Waals surface area contributed by atoms with Crippen molar-refractivity contribution >= 4 is 65.2 Å². The molecule has 0 aromatic heterocycles. The average molecular weight is 597 g/mol. The van der Waals surface area contributed by atoms with E-state index < -0.39 is 53.1 Å². The molecule has 0 bridgehead atoms. The second-order valence-corrected chi connectivity index (χ2v) is 12.7. The SMILES string of the molecule is O=C(O)CCCS(=O)(=O)c1cccc(Nc2cc(S(=O)(=O)O)c3nc(=O)c(=CO)c4c5ccccc5c(=O)c2c3=4)c1. The number of hydrogen-bond acceptors (Lipinski definition) is 10. The molecule has 2 aliphatic rings. The number of sulfone groups is 1. The zero-order valence-corrected chi connectivity index (χ0v) is 22.5. The number of aliphatic carboxylic acids is 1. The molecule has 0 spiro atoms. The lowest BCUT2D eigenvalue weighted by Crippen LogP contribution is -2.31. The Morgan fingerprint density at radius 2 is 1.66 bits per heavy atom. The number of aliphatic hydroxyl groups excluding tert-OH is 1. The molecule has 0 saturated carbocycles. The maximum absolute atomic E-state index is 13.8. The molecule has 1 heterocycles. The van der Waals surface area contributed by atoms with Crippen molar-refractivity contribution in [2.75, 3.05) is 11.1 Å². The highest BCUT2D eigenvalue weighted by molar-refractivity contribution is 7.91.